The van der Waals surface area contributed by atoms with Crippen molar-refractivity contribution >= 4 is 18.0 Å². The average molecular weight is 410 g/mol. The summed E-state index contributed by atoms with van der Waals surface area (Å²) < 4.78 is 5.47. The third-order valence-electron chi connectivity index (χ3n) is 5.23. The monoisotopic (exact) mass is 410 g/mol. The lowest BCUT2D eigenvalue weighted by Crippen LogP contribution is -2.49. The van der Waals surface area contributed by atoms with Crippen molar-refractivity contribution < 1.29 is 24.2 Å². The first kappa shape index (κ1) is 21.4. The number of fused-ring (bicyclic) bond motifs is 3. The molecule has 7 heteroatoms. The van der Waals surface area contributed by atoms with Crippen LogP contribution in [-0.2, 0) is 14.3 Å². The summed E-state index contributed by atoms with van der Waals surface area (Å²) in [5, 5.41) is 14.0. The summed E-state index contributed by atoms with van der Waals surface area (Å²) in [6, 6.07) is 14.8. The molecule has 2 aromatic rings. The van der Waals surface area contributed by atoms with E-state index < -0.39 is 30.1 Å². The van der Waals surface area contributed by atoms with E-state index in [0.29, 0.717) is 6.42 Å². The Kier molecular flexibility index (Phi) is 6.72. The van der Waals surface area contributed by atoms with Gasteiger partial charge in [0.2, 0.25) is 5.91 Å². The SMILES string of the molecule is CCC(NC(=O)OCC1c2ccccc2-c2ccccc21)C(=O)N[C@H](C)CC(=O)O. The molecule has 3 rings (SSSR count). The molecule has 1 aliphatic carbocycles. The van der Waals surface area contributed by atoms with Crippen LogP contribution >= 0.6 is 0 Å². The summed E-state index contributed by atoms with van der Waals surface area (Å²) in [7, 11) is 0. The highest BCUT2D eigenvalue weighted by Gasteiger charge is 2.29. The van der Waals surface area contributed by atoms with Gasteiger partial charge in [0.05, 0.1) is 6.42 Å². The minimum absolute atomic E-state index is 0.0624. The fraction of sp³-hybridized carbons (Fsp3) is 0.348. The largest absolute Gasteiger partial charge is 0.481 e. The third kappa shape index (κ3) is 4.79. The van der Waals surface area contributed by atoms with Gasteiger partial charge in [-0.05, 0) is 35.6 Å². The van der Waals surface area contributed by atoms with Gasteiger partial charge in [-0.2, -0.15) is 0 Å². The van der Waals surface area contributed by atoms with Gasteiger partial charge in [-0.1, -0.05) is 55.5 Å². The van der Waals surface area contributed by atoms with Crippen LogP contribution in [0.5, 0.6) is 0 Å². The van der Waals surface area contributed by atoms with Crippen molar-refractivity contribution in [1.29, 1.82) is 0 Å². The van der Waals surface area contributed by atoms with E-state index in [2.05, 4.69) is 22.8 Å². The number of carbonyl (C=O) groups is 3. The fourth-order valence-corrected chi connectivity index (χ4v) is 3.79. The van der Waals surface area contributed by atoms with E-state index in [1.54, 1.807) is 13.8 Å². The van der Waals surface area contributed by atoms with E-state index in [9.17, 15) is 14.4 Å². The predicted octanol–water partition coefficient (Wildman–Crippen LogP) is 3.28. The van der Waals surface area contributed by atoms with E-state index in [1.807, 2.05) is 36.4 Å². The van der Waals surface area contributed by atoms with Crippen molar-refractivity contribution in [2.24, 2.45) is 0 Å². The maximum absolute atomic E-state index is 12.4. The number of hydrogen-bond acceptors (Lipinski definition) is 4. The Labute approximate surface area is 175 Å². The van der Waals surface area contributed by atoms with Crippen molar-refractivity contribution in [3.05, 3.63) is 59.7 Å². The number of nitrogens with one attached hydrogen (secondary N) is 2. The van der Waals surface area contributed by atoms with Gasteiger partial charge in [0, 0.05) is 12.0 Å². The molecule has 0 aliphatic heterocycles. The number of hydrogen-bond donors (Lipinski definition) is 3. The van der Waals surface area contributed by atoms with E-state index in [4.69, 9.17) is 9.84 Å². The minimum atomic E-state index is -1.000. The van der Waals surface area contributed by atoms with Gasteiger partial charge in [-0.15, -0.1) is 0 Å². The molecule has 0 radical (unpaired) electrons. The standard InChI is InChI=1S/C23H26N2O5/c1-3-20(22(28)24-14(2)12-21(26)27)25-23(29)30-13-19-17-10-6-4-8-15(17)16-9-5-7-11-18(16)19/h4-11,14,19-20H,3,12-13H2,1-2H3,(H,24,28)(H,25,29)(H,26,27)/t14-,20?/m1/s1. The zero-order valence-electron chi connectivity index (χ0n) is 17.1. The van der Waals surface area contributed by atoms with Crippen molar-refractivity contribution in [2.45, 2.75) is 44.7 Å². The van der Waals surface area contributed by atoms with Crippen molar-refractivity contribution in [2.75, 3.05) is 6.61 Å². The van der Waals surface area contributed by atoms with E-state index >= 15 is 0 Å². The first-order valence-corrected chi connectivity index (χ1v) is 10.0. The quantitative estimate of drug-likeness (QED) is 0.619. The molecule has 0 fully saturated rings. The molecule has 3 N–H and O–H groups in total. The molecular formula is C23H26N2O5. The van der Waals surface area contributed by atoms with E-state index in [-0.39, 0.29) is 18.9 Å². The maximum atomic E-state index is 12.4. The topological polar surface area (TPSA) is 105 Å². The first-order chi connectivity index (χ1) is 14.4. The van der Waals surface area contributed by atoms with E-state index in [1.165, 1.54) is 0 Å². The highest BCUT2D eigenvalue weighted by molar-refractivity contribution is 5.86. The Morgan fingerprint density at radius 1 is 1.00 bits per heavy atom. The van der Waals surface area contributed by atoms with Crippen LogP contribution in [0.3, 0.4) is 0 Å². The van der Waals surface area contributed by atoms with Crippen molar-refractivity contribution in [3.8, 4) is 11.1 Å². The van der Waals surface area contributed by atoms with Gasteiger partial charge in [-0.25, -0.2) is 4.79 Å². The predicted molar refractivity (Wildman–Crippen MR) is 112 cm³/mol. The van der Waals surface area contributed by atoms with Gasteiger partial charge in [0.15, 0.2) is 0 Å². The highest BCUT2D eigenvalue weighted by Crippen LogP contribution is 2.44. The molecule has 2 aromatic carbocycles. The van der Waals surface area contributed by atoms with Gasteiger partial charge >= 0.3 is 12.1 Å². The van der Waals surface area contributed by atoms with Crippen LogP contribution in [0.15, 0.2) is 48.5 Å². The number of aliphatic carboxylic acids is 1. The van der Waals surface area contributed by atoms with Crippen LogP contribution in [0, 0.1) is 0 Å². The maximum Gasteiger partial charge on any atom is 0.407 e. The number of carboxylic acid groups (broad SMARTS) is 1. The summed E-state index contributed by atoms with van der Waals surface area (Å²) in [6.45, 7) is 3.52. The van der Waals surface area contributed by atoms with Crippen LogP contribution in [-0.4, -0.2) is 41.8 Å². The zero-order chi connectivity index (χ0) is 21.7. The lowest BCUT2D eigenvalue weighted by atomic mass is 9.98. The van der Waals surface area contributed by atoms with Crippen molar-refractivity contribution in [3.63, 3.8) is 0 Å². The van der Waals surface area contributed by atoms with Gasteiger partial charge < -0.3 is 20.5 Å². The lowest BCUT2D eigenvalue weighted by Gasteiger charge is -2.20. The van der Waals surface area contributed by atoms with Crippen LogP contribution < -0.4 is 10.6 Å². The average Bonchev–Trinajstić information content (AvgIpc) is 3.03. The molecule has 1 aliphatic rings. The Morgan fingerprint density at radius 3 is 2.10 bits per heavy atom. The normalized spacial score (nSPS) is 14.2. The fourth-order valence-electron chi connectivity index (χ4n) is 3.79. The Bertz CT molecular complexity index is 897. The molecule has 0 bridgehead atoms. The number of carboxylic acids is 1. The summed E-state index contributed by atoms with van der Waals surface area (Å²) in [4.78, 5) is 35.4. The zero-order valence-corrected chi connectivity index (χ0v) is 17.1. The summed E-state index contributed by atoms with van der Waals surface area (Å²) >= 11 is 0. The van der Waals surface area contributed by atoms with Gasteiger partial charge in [0.1, 0.15) is 12.6 Å². The second kappa shape index (κ2) is 9.43. The minimum Gasteiger partial charge on any atom is -0.481 e. The molecule has 2 amide bonds. The lowest BCUT2D eigenvalue weighted by molar-refractivity contribution is -0.137. The summed E-state index contributed by atoms with van der Waals surface area (Å²) in [5.41, 5.74) is 4.50. The molecule has 0 heterocycles. The molecule has 0 spiro atoms. The van der Waals surface area contributed by atoms with Crippen LogP contribution in [0.25, 0.3) is 11.1 Å². The van der Waals surface area contributed by atoms with Crippen LogP contribution in [0.4, 0.5) is 4.79 Å². The van der Waals surface area contributed by atoms with Crippen LogP contribution in [0.1, 0.15) is 43.7 Å². The Hall–Kier alpha value is -3.35. The molecule has 0 saturated carbocycles. The number of amides is 2. The molecule has 1 unspecified atom stereocenters. The van der Waals surface area contributed by atoms with Crippen LogP contribution in [0.2, 0.25) is 0 Å². The molecular weight excluding hydrogens is 384 g/mol. The number of alkyl carbamates (subject to hydrolysis) is 1. The summed E-state index contributed by atoms with van der Waals surface area (Å²) in [6.07, 6.45) is -0.507. The van der Waals surface area contributed by atoms with Gasteiger partial charge in [-0.3, -0.25) is 9.59 Å². The summed E-state index contributed by atoms with van der Waals surface area (Å²) in [5.74, 6) is -1.49. The molecule has 7 nitrogen and oxygen atoms in total. The third-order valence-corrected chi connectivity index (χ3v) is 5.23. The first-order valence-electron chi connectivity index (χ1n) is 10.0. The number of benzene rings is 2. The molecule has 0 saturated heterocycles. The molecule has 2 atom stereocenters. The number of carbonyl (C=O) groups excluding carboxylic acids is 2. The van der Waals surface area contributed by atoms with Crippen molar-refractivity contribution in [1.82, 2.24) is 10.6 Å². The van der Waals surface area contributed by atoms with E-state index in [0.717, 1.165) is 22.3 Å². The smallest absolute Gasteiger partial charge is 0.407 e. The molecule has 158 valence electrons. The van der Waals surface area contributed by atoms with Gasteiger partial charge in [0.25, 0.3) is 0 Å². The highest BCUT2D eigenvalue weighted by atomic mass is 16.5. The molecule has 30 heavy (non-hydrogen) atoms. The number of rotatable bonds is 8. The Morgan fingerprint density at radius 2 is 1.57 bits per heavy atom. The second-order valence-electron chi connectivity index (χ2n) is 7.44. The number of ether oxygens (including phenoxy) is 1. The second-order valence-corrected chi connectivity index (χ2v) is 7.44. The Balaban J connectivity index is 1.60. The molecule has 0 aromatic heterocycles.